The van der Waals surface area contributed by atoms with Crippen molar-refractivity contribution in [3.8, 4) is 0 Å². The van der Waals surface area contributed by atoms with Gasteiger partial charge in [-0.1, -0.05) is 11.8 Å². The minimum absolute atomic E-state index is 0.00123. The highest BCUT2D eigenvalue weighted by molar-refractivity contribution is 8.23. The average molecular weight is 276 g/mol. The molecule has 1 fully saturated rings. The van der Waals surface area contributed by atoms with Gasteiger partial charge in [0.05, 0.1) is 13.2 Å². The molecule has 1 rings (SSSR count). The summed E-state index contributed by atoms with van der Waals surface area (Å²) in [6.07, 6.45) is 1.72. The Morgan fingerprint density at radius 3 is 2.35 bits per heavy atom. The molecule has 0 N–H and O–H groups in total. The minimum atomic E-state index is -0.860. The first-order valence-corrected chi connectivity index (χ1v) is 6.92. The predicted octanol–water partition coefficient (Wildman–Crippen LogP) is 1.95. The number of thiocarbonyl (C=S) groups is 1. The molecule has 1 saturated carbocycles. The lowest BCUT2D eigenvalue weighted by molar-refractivity contribution is -0.145. The molecule has 1 unspecified atom stereocenters. The van der Waals surface area contributed by atoms with E-state index in [0.717, 1.165) is 24.6 Å². The normalized spacial score (nSPS) is 16.1. The lowest BCUT2D eigenvalue weighted by Gasteiger charge is -2.14. The molecule has 0 aliphatic heterocycles. The molecule has 17 heavy (non-hydrogen) atoms. The number of Topliss-reactive ketones (excluding diaryl/α,β-unsaturated/α-hetero) is 1. The van der Waals surface area contributed by atoms with Gasteiger partial charge in [0.1, 0.15) is 0 Å². The highest BCUT2D eigenvalue weighted by atomic mass is 32.2. The maximum absolute atomic E-state index is 11.9. The quantitative estimate of drug-likeness (QED) is 0.420. The third kappa shape index (κ3) is 4.63. The molecule has 0 aromatic carbocycles. The summed E-state index contributed by atoms with van der Waals surface area (Å²) in [4.78, 5) is 23.6. The summed E-state index contributed by atoms with van der Waals surface area (Å²) < 4.78 is 10.2. The van der Waals surface area contributed by atoms with Crippen LogP contribution in [0, 0.1) is 5.92 Å². The van der Waals surface area contributed by atoms with Crippen LogP contribution in [0.5, 0.6) is 0 Å². The Labute approximate surface area is 110 Å². The Morgan fingerprint density at radius 1 is 1.29 bits per heavy atom. The van der Waals surface area contributed by atoms with E-state index in [9.17, 15) is 9.59 Å². The van der Waals surface area contributed by atoms with Crippen LogP contribution in [0.1, 0.15) is 26.7 Å². The molecule has 0 radical (unpaired) electrons. The molecule has 1 aliphatic carbocycles. The van der Waals surface area contributed by atoms with Crippen LogP contribution in [0.15, 0.2) is 0 Å². The second kappa shape index (κ2) is 6.96. The maximum Gasteiger partial charge on any atom is 0.327 e. The van der Waals surface area contributed by atoms with Gasteiger partial charge < -0.3 is 9.47 Å². The predicted molar refractivity (Wildman–Crippen MR) is 70.0 cm³/mol. The molecule has 1 aliphatic rings. The molecular formula is C11H16O4S2. The average Bonchev–Trinajstić information content (AvgIpc) is 3.09. The van der Waals surface area contributed by atoms with Crippen molar-refractivity contribution in [1.82, 2.24) is 0 Å². The van der Waals surface area contributed by atoms with Gasteiger partial charge in [-0.2, -0.15) is 0 Å². The van der Waals surface area contributed by atoms with Crippen molar-refractivity contribution in [1.29, 1.82) is 0 Å². The van der Waals surface area contributed by atoms with E-state index in [2.05, 4.69) is 0 Å². The van der Waals surface area contributed by atoms with E-state index in [-0.39, 0.29) is 22.7 Å². The van der Waals surface area contributed by atoms with Gasteiger partial charge in [-0.3, -0.25) is 9.59 Å². The monoisotopic (exact) mass is 276 g/mol. The van der Waals surface area contributed by atoms with Gasteiger partial charge in [-0.05, 0) is 38.9 Å². The Balaban J connectivity index is 2.60. The fourth-order valence-corrected chi connectivity index (χ4v) is 2.53. The summed E-state index contributed by atoms with van der Waals surface area (Å²) >= 11 is 5.92. The highest BCUT2D eigenvalue weighted by Gasteiger charge is 2.40. The van der Waals surface area contributed by atoms with Gasteiger partial charge in [-0.25, -0.2) is 0 Å². The number of carbonyl (C=O) groups is 2. The van der Waals surface area contributed by atoms with Crippen LogP contribution < -0.4 is 0 Å². The van der Waals surface area contributed by atoms with Crippen LogP contribution >= 0.6 is 24.0 Å². The molecule has 1 atom stereocenters. The molecule has 0 amide bonds. The van der Waals surface area contributed by atoms with Crippen molar-refractivity contribution >= 4 is 40.1 Å². The molecule has 0 aromatic rings. The first-order chi connectivity index (χ1) is 8.10. The fourth-order valence-electron chi connectivity index (χ4n) is 1.27. The fraction of sp³-hybridized carbons (Fsp3) is 0.727. The van der Waals surface area contributed by atoms with E-state index in [0.29, 0.717) is 6.61 Å². The summed E-state index contributed by atoms with van der Waals surface area (Å²) in [6.45, 7) is 4.20. The maximum atomic E-state index is 11.9. The zero-order valence-electron chi connectivity index (χ0n) is 9.93. The van der Waals surface area contributed by atoms with Crippen LogP contribution in [0.2, 0.25) is 0 Å². The topological polar surface area (TPSA) is 52.6 Å². The highest BCUT2D eigenvalue weighted by Crippen LogP contribution is 2.34. The molecule has 0 bridgehead atoms. The first-order valence-electron chi connectivity index (χ1n) is 5.63. The molecule has 0 saturated heterocycles. The molecule has 4 nitrogen and oxygen atoms in total. The Morgan fingerprint density at radius 2 is 1.88 bits per heavy atom. The Kier molecular flexibility index (Phi) is 5.91. The van der Waals surface area contributed by atoms with E-state index < -0.39 is 11.2 Å². The Bertz CT molecular complexity index is 313. The van der Waals surface area contributed by atoms with Gasteiger partial charge in [0.2, 0.25) is 4.38 Å². The van der Waals surface area contributed by atoms with Crippen LogP contribution in [0.3, 0.4) is 0 Å². The van der Waals surface area contributed by atoms with Crippen molar-refractivity contribution in [2.24, 2.45) is 5.92 Å². The summed E-state index contributed by atoms with van der Waals surface area (Å²) in [5, 5.41) is -0.860. The third-order valence-electron chi connectivity index (χ3n) is 2.22. The van der Waals surface area contributed by atoms with Crippen molar-refractivity contribution in [2.75, 3.05) is 13.2 Å². The number of hydrogen-bond donors (Lipinski definition) is 0. The third-order valence-corrected chi connectivity index (χ3v) is 3.59. The van der Waals surface area contributed by atoms with E-state index in [4.69, 9.17) is 21.7 Å². The molecule has 6 heteroatoms. The number of carbonyl (C=O) groups excluding carboxylic acids is 2. The van der Waals surface area contributed by atoms with Crippen molar-refractivity contribution in [2.45, 2.75) is 31.9 Å². The summed E-state index contributed by atoms with van der Waals surface area (Å²) in [5.41, 5.74) is 0. The molecule has 0 heterocycles. The summed E-state index contributed by atoms with van der Waals surface area (Å²) in [5.74, 6) is -0.603. The van der Waals surface area contributed by atoms with Gasteiger partial charge in [0.15, 0.2) is 11.0 Å². The van der Waals surface area contributed by atoms with Crippen LogP contribution in [-0.4, -0.2) is 34.6 Å². The number of esters is 1. The van der Waals surface area contributed by atoms with Crippen LogP contribution in [-0.2, 0) is 19.1 Å². The zero-order chi connectivity index (χ0) is 12.8. The van der Waals surface area contributed by atoms with Gasteiger partial charge >= 0.3 is 5.97 Å². The summed E-state index contributed by atoms with van der Waals surface area (Å²) in [7, 11) is 0. The van der Waals surface area contributed by atoms with Gasteiger partial charge in [0, 0.05) is 5.92 Å². The minimum Gasteiger partial charge on any atom is -0.479 e. The molecule has 0 spiro atoms. The number of hydrogen-bond acceptors (Lipinski definition) is 6. The lowest BCUT2D eigenvalue weighted by Crippen LogP contribution is -2.31. The Hall–Kier alpha value is -0.620. The zero-order valence-corrected chi connectivity index (χ0v) is 11.6. The number of rotatable bonds is 6. The van der Waals surface area contributed by atoms with Gasteiger partial charge in [-0.15, -0.1) is 0 Å². The van der Waals surface area contributed by atoms with Crippen molar-refractivity contribution < 1.29 is 19.1 Å². The van der Waals surface area contributed by atoms with E-state index in [1.54, 1.807) is 13.8 Å². The number of ether oxygens (including phenoxy) is 2. The SMILES string of the molecule is CCOC(=O)C(SC(=S)OCC)C(=O)C1CC1. The molecular weight excluding hydrogens is 260 g/mol. The van der Waals surface area contributed by atoms with E-state index >= 15 is 0 Å². The number of ketones is 1. The van der Waals surface area contributed by atoms with E-state index in [1.165, 1.54) is 0 Å². The molecule has 96 valence electrons. The first kappa shape index (κ1) is 14.4. The van der Waals surface area contributed by atoms with Crippen molar-refractivity contribution in [3.05, 3.63) is 0 Å². The van der Waals surface area contributed by atoms with Crippen LogP contribution in [0.25, 0.3) is 0 Å². The summed E-state index contributed by atoms with van der Waals surface area (Å²) in [6, 6.07) is 0. The van der Waals surface area contributed by atoms with Crippen molar-refractivity contribution in [3.63, 3.8) is 0 Å². The van der Waals surface area contributed by atoms with Crippen LogP contribution in [0.4, 0.5) is 0 Å². The standard InChI is InChI=1S/C11H16O4S2/c1-3-14-10(13)9(8(12)7-5-6-7)17-11(16)15-4-2/h7,9H,3-6H2,1-2H3. The second-order valence-corrected chi connectivity index (χ2v) is 5.32. The molecule has 0 aromatic heterocycles. The number of thioether (sulfide) groups is 1. The van der Waals surface area contributed by atoms with Gasteiger partial charge in [0.25, 0.3) is 0 Å². The van der Waals surface area contributed by atoms with E-state index in [1.807, 2.05) is 0 Å². The lowest BCUT2D eigenvalue weighted by atomic mass is 10.2. The second-order valence-electron chi connectivity index (χ2n) is 3.61. The largest absolute Gasteiger partial charge is 0.479 e. The smallest absolute Gasteiger partial charge is 0.327 e.